The first-order valence-corrected chi connectivity index (χ1v) is 8.47. The lowest BCUT2D eigenvalue weighted by Gasteiger charge is -2.10. The minimum Gasteiger partial charge on any atom is -0.462 e. The Balaban J connectivity index is 2.35. The van der Waals surface area contributed by atoms with Gasteiger partial charge in [-0.05, 0) is 51.0 Å². The first kappa shape index (κ1) is 18.5. The molecule has 128 valence electrons. The first-order chi connectivity index (χ1) is 11.3. The molecule has 0 spiro atoms. The lowest BCUT2D eigenvalue weighted by molar-refractivity contribution is 0.0525. The fourth-order valence-corrected chi connectivity index (χ4v) is 3.43. The van der Waals surface area contributed by atoms with Crippen LogP contribution in [-0.4, -0.2) is 23.5 Å². The molecule has 0 aliphatic carbocycles. The summed E-state index contributed by atoms with van der Waals surface area (Å²) in [5.41, 5.74) is 2.31. The van der Waals surface area contributed by atoms with E-state index in [0.29, 0.717) is 27.4 Å². The van der Waals surface area contributed by atoms with Gasteiger partial charge in [0, 0.05) is 10.2 Å². The minimum absolute atomic E-state index is 0.203. The summed E-state index contributed by atoms with van der Waals surface area (Å²) in [6.45, 7) is 7.14. The molecule has 1 heterocycles. The number of carbonyl (C=O) groups excluding carboxylic acids is 2. The topological polar surface area (TPSA) is 68.4 Å². The number of esters is 2. The van der Waals surface area contributed by atoms with Gasteiger partial charge in [-0.15, -0.1) is 0 Å². The van der Waals surface area contributed by atoms with E-state index in [2.05, 4.69) is 20.9 Å². The fraction of sp³-hybridized carbons (Fsp3) is 0.294. The van der Waals surface area contributed by atoms with E-state index in [1.807, 2.05) is 0 Å². The monoisotopic (exact) mass is 413 g/mol. The lowest BCUT2D eigenvalue weighted by Crippen LogP contribution is -2.12. The van der Waals surface area contributed by atoms with Crippen molar-refractivity contribution < 1.29 is 19.1 Å². The number of hydrogen-bond donors (Lipinski definition) is 1. The van der Waals surface area contributed by atoms with Crippen molar-refractivity contribution in [2.75, 3.05) is 6.61 Å². The smallest absolute Gasteiger partial charge is 0.360 e. The summed E-state index contributed by atoms with van der Waals surface area (Å²) in [5, 5.41) is 0.321. The highest BCUT2D eigenvalue weighted by molar-refractivity contribution is 9.10. The van der Waals surface area contributed by atoms with Crippen LogP contribution in [-0.2, 0) is 4.74 Å². The maximum absolute atomic E-state index is 12.5. The zero-order valence-corrected chi connectivity index (χ0v) is 16.1. The number of hydrogen-bond acceptors (Lipinski definition) is 4. The molecule has 7 heteroatoms. The number of carbonyl (C=O) groups is 2. The Labute approximate surface area is 153 Å². The predicted octanol–water partition coefficient (Wildman–Crippen LogP) is 4.75. The molecule has 1 aromatic heterocycles. The molecule has 0 amide bonds. The third-order valence-electron chi connectivity index (χ3n) is 3.51. The standard InChI is InChI=1S/C17H17BrClNO4/c1-5-23-16(21)13-9(3)14(20-10(13)4)17(22)24-15-8(2)6-11(18)7-12(15)19/h6-7,20H,5H2,1-4H3. The second kappa shape index (κ2) is 7.40. The highest BCUT2D eigenvalue weighted by Crippen LogP contribution is 2.33. The van der Waals surface area contributed by atoms with E-state index in [9.17, 15) is 9.59 Å². The molecule has 5 nitrogen and oxygen atoms in total. The number of halogens is 2. The van der Waals surface area contributed by atoms with Gasteiger partial charge in [0.2, 0.25) is 0 Å². The lowest BCUT2D eigenvalue weighted by atomic mass is 10.1. The summed E-state index contributed by atoms with van der Waals surface area (Å²) < 4.78 is 11.2. The number of H-pyrrole nitrogens is 1. The second-order valence-corrected chi connectivity index (χ2v) is 6.59. The molecular weight excluding hydrogens is 398 g/mol. The van der Waals surface area contributed by atoms with Crippen LogP contribution in [0.2, 0.25) is 5.02 Å². The van der Waals surface area contributed by atoms with Crippen molar-refractivity contribution in [2.45, 2.75) is 27.7 Å². The van der Waals surface area contributed by atoms with Gasteiger partial charge in [0.05, 0.1) is 17.2 Å². The number of benzene rings is 1. The minimum atomic E-state index is -0.613. The Morgan fingerprint density at radius 3 is 2.46 bits per heavy atom. The molecule has 0 atom stereocenters. The third-order valence-corrected chi connectivity index (χ3v) is 4.25. The Kier molecular flexibility index (Phi) is 5.72. The Bertz CT molecular complexity index is 790. The Hall–Kier alpha value is -1.79. The number of rotatable bonds is 4. The summed E-state index contributed by atoms with van der Waals surface area (Å²) in [5.74, 6) is -0.798. The van der Waals surface area contributed by atoms with Crippen LogP contribution < -0.4 is 4.74 Å². The second-order valence-electron chi connectivity index (χ2n) is 5.27. The summed E-state index contributed by atoms with van der Waals surface area (Å²) in [7, 11) is 0. The van der Waals surface area contributed by atoms with Crippen molar-refractivity contribution in [3.8, 4) is 5.75 Å². The van der Waals surface area contributed by atoms with E-state index >= 15 is 0 Å². The Morgan fingerprint density at radius 1 is 1.21 bits per heavy atom. The average Bonchev–Trinajstić information content (AvgIpc) is 2.78. The number of aromatic nitrogens is 1. The maximum Gasteiger partial charge on any atom is 0.360 e. The molecule has 0 aliphatic rings. The molecule has 0 saturated heterocycles. The van der Waals surface area contributed by atoms with Crippen molar-refractivity contribution >= 4 is 39.5 Å². The van der Waals surface area contributed by atoms with Gasteiger partial charge in [-0.1, -0.05) is 27.5 Å². The fourth-order valence-electron chi connectivity index (χ4n) is 2.43. The van der Waals surface area contributed by atoms with E-state index < -0.39 is 11.9 Å². The van der Waals surface area contributed by atoms with Crippen LogP contribution in [0.3, 0.4) is 0 Å². The van der Waals surface area contributed by atoms with Gasteiger partial charge >= 0.3 is 11.9 Å². The third kappa shape index (κ3) is 3.65. The van der Waals surface area contributed by atoms with E-state index in [-0.39, 0.29) is 18.1 Å². The number of aromatic amines is 1. The van der Waals surface area contributed by atoms with Crippen molar-refractivity contribution in [1.29, 1.82) is 0 Å². The maximum atomic E-state index is 12.5. The van der Waals surface area contributed by atoms with Crippen LogP contribution in [0, 0.1) is 20.8 Å². The highest BCUT2D eigenvalue weighted by Gasteiger charge is 2.25. The number of ether oxygens (including phenoxy) is 2. The van der Waals surface area contributed by atoms with Crippen molar-refractivity contribution in [3.05, 3.63) is 49.7 Å². The summed E-state index contributed by atoms with van der Waals surface area (Å²) in [4.78, 5) is 27.4. The average molecular weight is 415 g/mol. The van der Waals surface area contributed by atoms with Gasteiger partial charge in [0.15, 0.2) is 5.75 Å². The SMILES string of the molecule is CCOC(=O)c1c(C)[nH]c(C(=O)Oc2c(C)cc(Br)cc2Cl)c1C. The molecule has 0 fully saturated rings. The normalized spacial score (nSPS) is 10.6. The first-order valence-electron chi connectivity index (χ1n) is 7.30. The predicted molar refractivity (Wildman–Crippen MR) is 95.1 cm³/mol. The van der Waals surface area contributed by atoms with Gasteiger partial charge in [-0.2, -0.15) is 0 Å². The van der Waals surface area contributed by atoms with Gasteiger partial charge in [0.25, 0.3) is 0 Å². The van der Waals surface area contributed by atoms with Gasteiger partial charge < -0.3 is 14.5 Å². The molecule has 0 unspecified atom stereocenters. The molecule has 2 aromatic rings. The van der Waals surface area contributed by atoms with Crippen molar-refractivity contribution in [3.63, 3.8) is 0 Å². The molecule has 0 radical (unpaired) electrons. The zero-order chi connectivity index (χ0) is 18.0. The van der Waals surface area contributed by atoms with Crippen LogP contribution in [0.1, 0.15) is 44.6 Å². The van der Waals surface area contributed by atoms with Crippen LogP contribution in [0.4, 0.5) is 0 Å². The summed E-state index contributed by atoms with van der Waals surface area (Å²) in [6.07, 6.45) is 0. The van der Waals surface area contributed by atoms with E-state index in [1.165, 1.54) is 0 Å². The summed E-state index contributed by atoms with van der Waals surface area (Å²) in [6, 6.07) is 3.44. The van der Waals surface area contributed by atoms with E-state index in [4.69, 9.17) is 21.1 Å². The number of aryl methyl sites for hydroxylation is 2. The molecular formula is C17H17BrClNO4. The molecule has 1 aromatic carbocycles. The Morgan fingerprint density at radius 2 is 1.88 bits per heavy atom. The van der Waals surface area contributed by atoms with Crippen molar-refractivity contribution in [1.82, 2.24) is 4.98 Å². The summed E-state index contributed by atoms with van der Waals surface area (Å²) >= 11 is 9.47. The van der Waals surface area contributed by atoms with Gasteiger partial charge in [-0.25, -0.2) is 9.59 Å². The van der Waals surface area contributed by atoms with Crippen molar-refractivity contribution in [2.24, 2.45) is 0 Å². The van der Waals surface area contributed by atoms with E-state index in [0.717, 1.165) is 4.47 Å². The van der Waals surface area contributed by atoms with Crippen LogP contribution >= 0.6 is 27.5 Å². The van der Waals surface area contributed by atoms with Gasteiger partial charge in [-0.3, -0.25) is 0 Å². The molecule has 0 bridgehead atoms. The molecule has 2 rings (SSSR count). The molecule has 0 saturated carbocycles. The zero-order valence-electron chi connectivity index (χ0n) is 13.8. The van der Waals surface area contributed by atoms with Crippen LogP contribution in [0.5, 0.6) is 5.75 Å². The highest BCUT2D eigenvalue weighted by atomic mass is 79.9. The largest absolute Gasteiger partial charge is 0.462 e. The van der Waals surface area contributed by atoms with E-state index in [1.54, 1.807) is 39.8 Å². The molecule has 24 heavy (non-hydrogen) atoms. The molecule has 1 N–H and O–H groups in total. The van der Waals surface area contributed by atoms with Crippen LogP contribution in [0.25, 0.3) is 0 Å². The van der Waals surface area contributed by atoms with Gasteiger partial charge in [0.1, 0.15) is 5.69 Å². The number of nitrogens with one attached hydrogen (secondary N) is 1. The quantitative estimate of drug-likeness (QED) is 0.579. The molecule has 0 aliphatic heterocycles. The van der Waals surface area contributed by atoms with Crippen LogP contribution in [0.15, 0.2) is 16.6 Å².